The molecule has 1 aliphatic heterocycles. The molecule has 2 aliphatic rings. The number of piperidine rings is 1. The number of nitrogens with zero attached hydrogens (tertiary/aromatic N) is 2. The van der Waals surface area contributed by atoms with E-state index in [-0.39, 0.29) is 12.0 Å². The van der Waals surface area contributed by atoms with Crippen molar-refractivity contribution < 1.29 is 9.90 Å². The average Bonchev–Trinajstić information content (AvgIpc) is 2.39. The number of rotatable bonds is 3. The molecule has 0 aromatic heterocycles. The summed E-state index contributed by atoms with van der Waals surface area (Å²) in [5.74, 6) is 0.219. The molecule has 1 amide bonds. The molecule has 1 atom stereocenters. The fourth-order valence-electron chi connectivity index (χ4n) is 3.15. The van der Waals surface area contributed by atoms with Crippen LogP contribution < -0.4 is 0 Å². The Morgan fingerprint density at radius 2 is 1.94 bits per heavy atom. The summed E-state index contributed by atoms with van der Waals surface area (Å²) < 4.78 is 0. The number of β-amino-alcohol motifs (C(OH)–C–C–N with tert-alkyl or cyclic N) is 1. The van der Waals surface area contributed by atoms with E-state index < -0.39 is 0 Å². The summed E-state index contributed by atoms with van der Waals surface area (Å²) in [7, 11) is 1.94. The topological polar surface area (TPSA) is 43.8 Å². The summed E-state index contributed by atoms with van der Waals surface area (Å²) in [5, 5.41) is 9.61. The Kier molecular flexibility index (Phi) is 5.01. The third kappa shape index (κ3) is 3.69. The van der Waals surface area contributed by atoms with Crippen LogP contribution >= 0.6 is 0 Å². The van der Waals surface area contributed by atoms with Gasteiger partial charge < -0.3 is 10.0 Å². The minimum absolute atomic E-state index is 0.219. The number of amides is 1. The normalized spacial score (nSPS) is 27.1. The van der Waals surface area contributed by atoms with Gasteiger partial charge in [-0.15, -0.1) is 0 Å². The van der Waals surface area contributed by atoms with Gasteiger partial charge in [0.2, 0.25) is 5.91 Å². The lowest BCUT2D eigenvalue weighted by molar-refractivity contribution is -0.134. The Morgan fingerprint density at radius 3 is 2.61 bits per heavy atom. The van der Waals surface area contributed by atoms with E-state index in [4.69, 9.17) is 0 Å². The molecule has 0 radical (unpaired) electrons. The summed E-state index contributed by atoms with van der Waals surface area (Å²) in [5.41, 5.74) is 0. The summed E-state index contributed by atoms with van der Waals surface area (Å²) in [6.45, 7) is 2.08. The van der Waals surface area contributed by atoms with Gasteiger partial charge in [0.25, 0.3) is 0 Å². The second-order valence-corrected chi connectivity index (χ2v) is 5.83. The van der Waals surface area contributed by atoms with Crippen molar-refractivity contribution in [2.45, 2.75) is 57.1 Å². The predicted molar refractivity (Wildman–Crippen MR) is 71.3 cm³/mol. The van der Waals surface area contributed by atoms with Gasteiger partial charge in [-0.3, -0.25) is 9.69 Å². The van der Waals surface area contributed by atoms with E-state index >= 15 is 0 Å². The lowest BCUT2D eigenvalue weighted by Gasteiger charge is -2.34. The summed E-state index contributed by atoms with van der Waals surface area (Å²) >= 11 is 0. The number of likely N-dealkylation sites (tertiary alicyclic amines) is 1. The van der Waals surface area contributed by atoms with Gasteiger partial charge in [0.05, 0.1) is 12.6 Å². The summed E-state index contributed by atoms with van der Waals surface area (Å²) in [6.07, 6.45) is 7.78. The molecule has 2 rings (SSSR count). The lowest BCUT2D eigenvalue weighted by Crippen LogP contribution is -2.47. The van der Waals surface area contributed by atoms with E-state index in [9.17, 15) is 9.90 Å². The number of carbonyl (C=O) groups is 1. The highest BCUT2D eigenvalue weighted by molar-refractivity contribution is 5.78. The van der Waals surface area contributed by atoms with Crippen LogP contribution in [0.3, 0.4) is 0 Å². The van der Waals surface area contributed by atoms with Crippen LogP contribution in [0.1, 0.15) is 44.9 Å². The van der Waals surface area contributed by atoms with Crippen LogP contribution in [0.25, 0.3) is 0 Å². The van der Waals surface area contributed by atoms with Gasteiger partial charge >= 0.3 is 0 Å². The summed E-state index contributed by atoms with van der Waals surface area (Å²) in [4.78, 5) is 16.3. The van der Waals surface area contributed by atoms with E-state index in [1.54, 1.807) is 0 Å². The zero-order valence-corrected chi connectivity index (χ0v) is 11.5. The van der Waals surface area contributed by atoms with E-state index in [0.717, 1.165) is 32.2 Å². The molecular formula is C14H26N2O2. The monoisotopic (exact) mass is 254 g/mol. The maximum absolute atomic E-state index is 12.2. The first-order valence-electron chi connectivity index (χ1n) is 7.33. The number of aliphatic hydroxyl groups excluding tert-OH is 1. The molecule has 18 heavy (non-hydrogen) atoms. The van der Waals surface area contributed by atoms with Crippen LogP contribution in [0.5, 0.6) is 0 Å². The van der Waals surface area contributed by atoms with Gasteiger partial charge in [-0.25, -0.2) is 0 Å². The SMILES string of the molecule is CN(C(=O)CN1CCCC(O)C1)C1CCCCC1. The van der Waals surface area contributed by atoms with Gasteiger partial charge in [0, 0.05) is 19.6 Å². The molecule has 4 heteroatoms. The third-order valence-corrected chi connectivity index (χ3v) is 4.36. The zero-order valence-electron chi connectivity index (χ0n) is 11.5. The van der Waals surface area contributed by atoms with Gasteiger partial charge in [0.1, 0.15) is 0 Å². The summed E-state index contributed by atoms with van der Waals surface area (Å²) in [6, 6.07) is 0.445. The molecule has 0 aromatic carbocycles. The van der Waals surface area contributed by atoms with Crippen LogP contribution in [-0.4, -0.2) is 59.6 Å². The minimum atomic E-state index is -0.244. The Bertz CT molecular complexity index is 277. The van der Waals surface area contributed by atoms with Crippen LogP contribution in [0.2, 0.25) is 0 Å². The van der Waals surface area contributed by atoms with Crippen molar-refractivity contribution in [3.8, 4) is 0 Å². The molecule has 1 N–H and O–H groups in total. The highest BCUT2D eigenvalue weighted by Gasteiger charge is 2.25. The number of hydrogen-bond acceptors (Lipinski definition) is 3. The Labute approximate surface area is 110 Å². The Morgan fingerprint density at radius 1 is 1.22 bits per heavy atom. The van der Waals surface area contributed by atoms with Gasteiger partial charge in [-0.2, -0.15) is 0 Å². The first kappa shape index (κ1) is 13.8. The van der Waals surface area contributed by atoms with Crippen molar-refractivity contribution >= 4 is 5.91 Å². The Balaban J connectivity index is 1.79. The quantitative estimate of drug-likeness (QED) is 0.824. The van der Waals surface area contributed by atoms with Crippen LogP contribution in [-0.2, 0) is 4.79 Å². The molecule has 1 unspecified atom stereocenters. The van der Waals surface area contributed by atoms with E-state index in [1.807, 2.05) is 11.9 Å². The predicted octanol–water partition coefficient (Wildman–Crippen LogP) is 1.23. The van der Waals surface area contributed by atoms with Crippen molar-refractivity contribution in [3.05, 3.63) is 0 Å². The number of likely N-dealkylation sites (N-methyl/N-ethyl adjacent to an activating group) is 1. The van der Waals surface area contributed by atoms with Crippen molar-refractivity contribution in [3.63, 3.8) is 0 Å². The highest BCUT2D eigenvalue weighted by atomic mass is 16.3. The van der Waals surface area contributed by atoms with Crippen molar-refractivity contribution in [2.24, 2.45) is 0 Å². The van der Waals surface area contributed by atoms with Gasteiger partial charge in [-0.05, 0) is 32.2 Å². The molecule has 1 heterocycles. The lowest BCUT2D eigenvalue weighted by atomic mass is 9.94. The molecule has 104 valence electrons. The van der Waals surface area contributed by atoms with Gasteiger partial charge in [0.15, 0.2) is 0 Å². The second-order valence-electron chi connectivity index (χ2n) is 5.83. The molecular weight excluding hydrogens is 228 g/mol. The minimum Gasteiger partial charge on any atom is -0.392 e. The molecule has 2 fully saturated rings. The van der Waals surface area contributed by atoms with Crippen molar-refractivity contribution in [2.75, 3.05) is 26.7 Å². The maximum atomic E-state index is 12.2. The van der Waals surface area contributed by atoms with Crippen molar-refractivity contribution in [1.82, 2.24) is 9.80 Å². The maximum Gasteiger partial charge on any atom is 0.236 e. The first-order chi connectivity index (χ1) is 8.66. The van der Waals surface area contributed by atoms with Crippen LogP contribution in [0.4, 0.5) is 0 Å². The number of carbonyl (C=O) groups excluding carboxylic acids is 1. The van der Waals surface area contributed by atoms with E-state index in [2.05, 4.69) is 4.90 Å². The number of hydrogen-bond donors (Lipinski definition) is 1. The molecule has 1 aliphatic carbocycles. The largest absolute Gasteiger partial charge is 0.392 e. The zero-order chi connectivity index (χ0) is 13.0. The van der Waals surface area contributed by atoms with E-state index in [1.165, 1.54) is 19.3 Å². The standard InChI is InChI=1S/C14H26N2O2/c1-15(12-6-3-2-4-7-12)14(18)11-16-9-5-8-13(17)10-16/h12-13,17H,2-11H2,1H3. The third-order valence-electron chi connectivity index (χ3n) is 4.36. The first-order valence-corrected chi connectivity index (χ1v) is 7.33. The van der Waals surface area contributed by atoms with Crippen LogP contribution in [0, 0.1) is 0 Å². The fourth-order valence-corrected chi connectivity index (χ4v) is 3.15. The van der Waals surface area contributed by atoms with Crippen molar-refractivity contribution in [1.29, 1.82) is 0 Å². The van der Waals surface area contributed by atoms with Crippen LogP contribution in [0.15, 0.2) is 0 Å². The van der Waals surface area contributed by atoms with E-state index in [0.29, 0.717) is 19.1 Å². The molecule has 0 bridgehead atoms. The fraction of sp³-hybridized carbons (Fsp3) is 0.929. The molecule has 0 spiro atoms. The molecule has 0 aromatic rings. The second kappa shape index (κ2) is 6.53. The average molecular weight is 254 g/mol. The van der Waals surface area contributed by atoms with Gasteiger partial charge in [-0.1, -0.05) is 19.3 Å². The molecule has 1 saturated heterocycles. The molecule has 1 saturated carbocycles. The smallest absolute Gasteiger partial charge is 0.236 e. The molecule has 4 nitrogen and oxygen atoms in total. The number of aliphatic hydroxyl groups is 1. The highest BCUT2D eigenvalue weighted by Crippen LogP contribution is 2.22. The Hall–Kier alpha value is -0.610.